The molecule has 4 amide bonds. The van der Waals surface area contributed by atoms with Crippen LogP contribution in [0.15, 0.2) is 48.5 Å². The number of nitrogens with zero attached hydrogens (tertiary/aromatic N) is 2. The van der Waals surface area contributed by atoms with Crippen LogP contribution >= 0.6 is 11.6 Å². The minimum atomic E-state index is -0.678. The molecule has 0 fully saturated rings. The molecule has 0 saturated heterocycles. The van der Waals surface area contributed by atoms with E-state index in [-0.39, 0.29) is 43.1 Å². The van der Waals surface area contributed by atoms with Gasteiger partial charge in [-0.2, -0.15) is 0 Å². The van der Waals surface area contributed by atoms with Crippen LogP contribution in [0.3, 0.4) is 0 Å². The Bertz CT molecular complexity index is 1040. The molecule has 1 N–H and O–H groups in total. The number of hydrogen-bond acceptors (Lipinski definition) is 4. The summed E-state index contributed by atoms with van der Waals surface area (Å²) < 4.78 is 0. The summed E-state index contributed by atoms with van der Waals surface area (Å²) in [5.41, 5.74) is 1.59. The summed E-state index contributed by atoms with van der Waals surface area (Å²) in [6.07, 6.45) is 2.22. The van der Waals surface area contributed by atoms with E-state index >= 15 is 0 Å². The molecule has 1 aliphatic heterocycles. The van der Waals surface area contributed by atoms with Gasteiger partial charge in [0.05, 0.1) is 11.1 Å². The molecule has 0 aliphatic carbocycles. The van der Waals surface area contributed by atoms with Crippen molar-refractivity contribution in [2.24, 2.45) is 0 Å². The van der Waals surface area contributed by atoms with E-state index in [0.717, 1.165) is 18.4 Å². The van der Waals surface area contributed by atoms with E-state index in [0.29, 0.717) is 29.1 Å². The van der Waals surface area contributed by atoms with E-state index in [1.807, 2.05) is 13.0 Å². The summed E-state index contributed by atoms with van der Waals surface area (Å²) in [6.45, 7) is 4.67. The minimum absolute atomic E-state index is 0.0978. The number of imide groups is 1. The van der Waals surface area contributed by atoms with E-state index in [4.69, 9.17) is 11.6 Å². The molecule has 180 valence electrons. The fourth-order valence-corrected chi connectivity index (χ4v) is 4.14. The van der Waals surface area contributed by atoms with Gasteiger partial charge in [0.25, 0.3) is 11.8 Å². The smallest absolute Gasteiger partial charge is 0.261 e. The predicted molar refractivity (Wildman–Crippen MR) is 130 cm³/mol. The largest absolute Gasteiger partial charge is 0.354 e. The number of benzene rings is 2. The van der Waals surface area contributed by atoms with E-state index in [2.05, 4.69) is 5.32 Å². The Kier molecular flexibility index (Phi) is 8.82. The number of rotatable bonds is 11. The van der Waals surface area contributed by atoms with Gasteiger partial charge in [0.15, 0.2) is 0 Å². The highest BCUT2D eigenvalue weighted by atomic mass is 35.5. The second kappa shape index (κ2) is 11.8. The van der Waals surface area contributed by atoms with Gasteiger partial charge < -0.3 is 10.2 Å². The van der Waals surface area contributed by atoms with Gasteiger partial charge in [-0.25, -0.2) is 0 Å². The first-order valence-corrected chi connectivity index (χ1v) is 12.0. The number of unbranched alkanes of at least 4 members (excludes halogenated alkanes) is 1. The Morgan fingerprint density at radius 2 is 1.71 bits per heavy atom. The van der Waals surface area contributed by atoms with E-state index < -0.39 is 6.04 Å². The van der Waals surface area contributed by atoms with Crippen LogP contribution in [0.25, 0.3) is 0 Å². The van der Waals surface area contributed by atoms with Crippen molar-refractivity contribution in [3.63, 3.8) is 0 Å². The lowest BCUT2D eigenvalue weighted by Crippen LogP contribution is -2.48. The molecule has 0 spiro atoms. The average molecular weight is 484 g/mol. The lowest BCUT2D eigenvalue weighted by molar-refractivity contribution is -0.140. The van der Waals surface area contributed by atoms with Crippen molar-refractivity contribution in [3.8, 4) is 0 Å². The van der Waals surface area contributed by atoms with Crippen LogP contribution < -0.4 is 5.32 Å². The molecule has 0 unspecified atom stereocenters. The molecule has 0 saturated carbocycles. The van der Waals surface area contributed by atoms with Crippen LogP contribution in [0.2, 0.25) is 5.02 Å². The van der Waals surface area contributed by atoms with Crippen molar-refractivity contribution < 1.29 is 19.2 Å². The van der Waals surface area contributed by atoms with Crippen molar-refractivity contribution in [2.75, 3.05) is 13.1 Å². The monoisotopic (exact) mass is 483 g/mol. The quantitative estimate of drug-likeness (QED) is 0.386. The van der Waals surface area contributed by atoms with Crippen molar-refractivity contribution >= 4 is 35.2 Å². The summed E-state index contributed by atoms with van der Waals surface area (Å²) in [6, 6.07) is 13.2. The Balaban J connectivity index is 1.65. The van der Waals surface area contributed by atoms with Gasteiger partial charge in [0.2, 0.25) is 11.8 Å². The molecule has 2 aromatic rings. The normalized spacial score (nSPS) is 13.6. The highest BCUT2D eigenvalue weighted by Gasteiger charge is 2.35. The SMILES string of the molecule is CCCCNC(=O)[C@@H](C)N(Cc1cccc(Cl)c1)C(=O)CCCN1C(=O)c2ccccc2C1=O. The second-order valence-corrected chi connectivity index (χ2v) is 8.82. The number of amides is 4. The third kappa shape index (κ3) is 6.03. The molecule has 2 aromatic carbocycles. The number of halogens is 1. The Morgan fingerprint density at radius 3 is 2.32 bits per heavy atom. The maximum Gasteiger partial charge on any atom is 0.261 e. The lowest BCUT2D eigenvalue weighted by Gasteiger charge is -2.29. The van der Waals surface area contributed by atoms with E-state index in [9.17, 15) is 19.2 Å². The van der Waals surface area contributed by atoms with Crippen molar-refractivity contribution in [1.82, 2.24) is 15.1 Å². The van der Waals surface area contributed by atoms with Gasteiger partial charge in [-0.1, -0.05) is 49.2 Å². The highest BCUT2D eigenvalue weighted by Crippen LogP contribution is 2.23. The van der Waals surface area contributed by atoms with Crippen LogP contribution in [0.4, 0.5) is 0 Å². The Labute approximate surface area is 205 Å². The van der Waals surface area contributed by atoms with Gasteiger partial charge in [-0.05, 0) is 49.6 Å². The number of carbonyl (C=O) groups excluding carboxylic acids is 4. The van der Waals surface area contributed by atoms with Gasteiger partial charge in [0.1, 0.15) is 6.04 Å². The van der Waals surface area contributed by atoms with E-state index in [1.54, 1.807) is 49.4 Å². The highest BCUT2D eigenvalue weighted by molar-refractivity contribution is 6.30. The zero-order valence-electron chi connectivity index (χ0n) is 19.6. The molecule has 0 bridgehead atoms. The van der Waals surface area contributed by atoms with Crippen molar-refractivity contribution in [3.05, 3.63) is 70.2 Å². The first-order chi connectivity index (χ1) is 16.3. The molecule has 1 aliphatic rings. The summed E-state index contributed by atoms with van der Waals surface area (Å²) in [4.78, 5) is 53.7. The Morgan fingerprint density at radius 1 is 1.03 bits per heavy atom. The van der Waals surface area contributed by atoms with Crippen LogP contribution in [0, 0.1) is 0 Å². The first-order valence-electron chi connectivity index (χ1n) is 11.6. The van der Waals surface area contributed by atoms with Gasteiger partial charge >= 0.3 is 0 Å². The number of fused-ring (bicyclic) bond motifs is 1. The average Bonchev–Trinajstić information content (AvgIpc) is 3.07. The lowest BCUT2D eigenvalue weighted by atomic mass is 10.1. The van der Waals surface area contributed by atoms with Crippen molar-refractivity contribution in [1.29, 1.82) is 0 Å². The molecule has 0 radical (unpaired) electrons. The molecule has 8 heteroatoms. The maximum atomic E-state index is 13.2. The molecule has 34 heavy (non-hydrogen) atoms. The fourth-order valence-electron chi connectivity index (χ4n) is 3.92. The minimum Gasteiger partial charge on any atom is -0.354 e. The van der Waals surface area contributed by atoms with Gasteiger partial charge in [-0.3, -0.25) is 24.1 Å². The second-order valence-electron chi connectivity index (χ2n) is 8.38. The predicted octanol–water partition coefficient (Wildman–Crippen LogP) is 4.05. The summed E-state index contributed by atoms with van der Waals surface area (Å²) in [5, 5.41) is 3.43. The molecular weight excluding hydrogens is 454 g/mol. The third-order valence-electron chi connectivity index (χ3n) is 5.89. The van der Waals surface area contributed by atoms with Crippen LogP contribution in [-0.2, 0) is 16.1 Å². The zero-order chi connectivity index (χ0) is 24.7. The molecule has 3 rings (SSSR count). The zero-order valence-corrected chi connectivity index (χ0v) is 20.3. The van der Waals surface area contributed by atoms with Crippen LogP contribution in [0.1, 0.15) is 65.8 Å². The fraction of sp³-hybridized carbons (Fsp3) is 0.385. The van der Waals surface area contributed by atoms with Gasteiger partial charge in [-0.15, -0.1) is 0 Å². The summed E-state index contributed by atoms with van der Waals surface area (Å²) in [7, 11) is 0. The Hall–Kier alpha value is -3.19. The molecule has 0 aromatic heterocycles. The van der Waals surface area contributed by atoms with Crippen LogP contribution in [-0.4, -0.2) is 52.6 Å². The number of hydrogen-bond donors (Lipinski definition) is 1. The standard InChI is InChI=1S/C26H30ClN3O4/c1-3-4-14-28-24(32)18(2)30(17-19-9-7-10-20(27)16-19)23(31)13-8-15-29-25(33)21-11-5-6-12-22(21)26(29)34/h5-7,9-12,16,18H,3-4,8,13-15,17H2,1-2H3,(H,28,32)/t18-/m1/s1. The van der Waals surface area contributed by atoms with Crippen LogP contribution in [0.5, 0.6) is 0 Å². The topological polar surface area (TPSA) is 86.8 Å². The molecule has 1 atom stereocenters. The van der Waals surface area contributed by atoms with Crippen molar-refractivity contribution in [2.45, 2.75) is 52.1 Å². The van der Waals surface area contributed by atoms with E-state index in [1.165, 1.54) is 9.80 Å². The summed E-state index contributed by atoms with van der Waals surface area (Å²) >= 11 is 6.10. The maximum absolute atomic E-state index is 13.2. The van der Waals surface area contributed by atoms with Gasteiger partial charge in [0, 0.05) is 31.1 Å². The number of carbonyl (C=O) groups is 4. The number of nitrogens with one attached hydrogen (secondary N) is 1. The first kappa shape index (κ1) is 25.4. The summed E-state index contributed by atoms with van der Waals surface area (Å²) in [5.74, 6) is -1.13. The third-order valence-corrected chi connectivity index (χ3v) is 6.12. The molecule has 1 heterocycles. The molecule has 7 nitrogen and oxygen atoms in total. The molecular formula is C26H30ClN3O4.